The molecule has 0 aliphatic rings. The van der Waals surface area contributed by atoms with Crippen molar-refractivity contribution in [1.29, 1.82) is 0 Å². The molecule has 0 bridgehead atoms. The van der Waals surface area contributed by atoms with Gasteiger partial charge in [-0.1, -0.05) is 45.0 Å². The Morgan fingerprint density at radius 2 is 1.75 bits per heavy atom. The van der Waals surface area contributed by atoms with Gasteiger partial charge in [0.05, 0.1) is 0 Å². The molecule has 0 heterocycles. The van der Waals surface area contributed by atoms with Crippen LogP contribution in [0.15, 0.2) is 24.3 Å². The average molecular weight is 220 g/mol. The van der Waals surface area contributed by atoms with Crippen molar-refractivity contribution in [3.63, 3.8) is 0 Å². The van der Waals surface area contributed by atoms with E-state index in [9.17, 15) is 0 Å². The van der Waals surface area contributed by atoms with Crippen LogP contribution in [0.3, 0.4) is 0 Å². The number of likely N-dealkylation sites (N-methyl/N-ethyl adjacent to an activating group) is 1. The molecule has 2 heteroatoms. The van der Waals surface area contributed by atoms with Crippen molar-refractivity contribution < 1.29 is 0 Å². The Morgan fingerprint density at radius 1 is 1.12 bits per heavy atom. The molecule has 0 saturated carbocycles. The van der Waals surface area contributed by atoms with E-state index in [4.69, 9.17) is 5.73 Å². The first-order chi connectivity index (χ1) is 7.78. The molecule has 1 aromatic rings. The zero-order valence-corrected chi connectivity index (χ0v) is 10.7. The highest BCUT2D eigenvalue weighted by molar-refractivity contribution is 5.30. The molecule has 16 heavy (non-hydrogen) atoms. The summed E-state index contributed by atoms with van der Waals surface area (Å²) in [5, 5.41) is 0. The summed E-state index contributed by atoms with van der Waals surface area (Å²) in [6, 6.07) is 9.01. The van der Waals surface area contributed by atoms with Gasteiger partial charge in [-0.25, -0.2) is 0 Å². The Labute approximate surface area is 99.5 Å². The maximum atomic E-state index is 5.94. The third-order valence-electron chi connectivity index (χ3n) is 3.27. The molecule has 0 aromatic heterocycles. The third-order valence-corrected chi connectivity index (χ3v) is 3.27. The van der Waals surface area contributed by atoms with Crippen molar-refractivity contribution in [1.82, 2.24) is 4.90 Å². The number of benzene rings is 1. The van der Waals surface area contributed by atoms with Crippen LogP contribution in [0.5, 0.6) is 0 Å². The number of nitrogens with zero attached hydrogens (tertiary/aromatic N) is 1. The summed E-state index contributed by atoms with van der Waals surface area (Å²) in [4.78, 5) is 2.43. The van der Waals surface area contributed by atoms with Crippen LogP contribution in [0.2, 0.25) is 0 Å². The minimum Gasteiger partial charge on any atom is -0.329 e. The lowest BCUT2D eigenvalue weighted by Crippen LogP contribution is -2.34. The number of rotatable bonds is 6. The largest absolute Gasteiger partial charge is 0.329 e. The van der Waals surface area contributed by atoms with Gasteiger partial charge in [-0.05, 0) is 30.6 Å². The summed E-state index contributed by atoms with van der Waals surface area (Å²) in [5.41, 5.74) is 8.76. The predicted molar refractivity (Wildman–Crippen MR) is 70.5 cm³/mol. The molecular formula is C14H24N2. The first-order valence-electron chi connectivity index (χ1n) is 6.30. The summed E-state index contributed by atoms with van der Waals surface area (Å²) in [6.45, 7) is 9.39. The van der Waals surface area contributed by atoms with E-state index in [1.807, 2.05) is 0 Å². The van der Waals surface area contributed by atoms with Gasteiger partial charge in [-0.2, -0.15) is 0 Å². The van der Waals surface area contributed by atoms with Crippen molar-refractivity contribution in [3.8, 4) is 0 Å². The monoisotopic (exact) mass is 220 g/mol. The number of hydrogen-bond acceptors (Lipinski definition) is 2. The van der Waals surface area contributed by atoms with Crippen molar-refractivity contribution in [2.24, 2.45) is 5.73 Å². The number of nitrogens with two attached hydrogens (primary N) is 1. The van der Waals surface area contributed by atoms with E-state index >= 15 is 0 Å². The highest BCUT2D eigenvalue weighted by Crippen LogP contribution is 2.23. The molecule has 2 nitrogen and oxygen atoms in total. The van der Waals surface area contributed by atoms with Gasteiger partial charge < -0.3 is 5.73 Å². The molecule has 0 aliphatic carbocycles. The van der Waals surface area contributed by atoms with E-state index in [1.54, 1.807) is 0 Å². The first kappa shape index (κ1) is 13.2. The fraction of sp³-hybridized carbons (Fsp3) is 0.571. The normalized spacial score (nSPS) is 13.1. The van der Waals surface area contributed by atoms with Gasteiger partial charge in [0.25, 0.3) is 0 Å². The zero-order chi connectivity index (χ0) is 12.0. The topological polar surface area (TPSA) is 29.3 Å². The predicted octanol–water partition coefficient (Wildman–Crippen LogP) is 2.59. The van der Waals surface area contributed by atoms with Gasteiger partial charge in [0.15, 0.2) is 0 Å². The molecule has 0 saturated heterocycles. The second-order valence-corrected chi connectivity index (χ2v) is 4.03. The molecule has 1 atom stereocenters. The Kier molecular flexibility index (Phi) is 5.50. The Bertz CT molecular complexity index is 305. The van der Waals surface area contributed by atoms with Crippen LogP contribution in [0.1, 0.15) is 37.9 Å². The van der Waals surface area contributed by atoms with Gasteiger partial charge in [0, 0.05) is 12.6 Å². The third kappa shape index (κ3) is 2.83. The molecule has 0 aliphatic heterocycles. The summed E-state index contributed by atoms with van der Waals surface area (Å²) < 4.78 is 0. The molecule has 0 spiro atoms. The summed E-state index contributed by atoms with van der Waals surface area (Å²) >= 11 is 0. The molecule has 1 unspecified atom stereocenters. The molecule has 1 rings (SSSR count). The van der Waals surface area contributed by atoms with Crippen LogP contribution in [0.4, 0.5) is 0 Å². The number of aryl methyl sites for hydroxylation is 1. The quantitative estimate of drug-likeness (QED) is 0.798. The lowest BCUT2D eigenvalue weighted by atomic mass is 9.97. The molecule has 0 radical (unpaired) electrons. The van der Waals surface area contributed by atoms with Gasteiger partial charge in [-0.15, -0.1) is 0 Å². The average Bonchev–Trinajstić information content (AvgIpc) is 2.35. The first-order valence-corrected chi connectivity index (χ1v) is 6.30. The van der Waals surface area contributed by atoms with Crippen LogP contribution in [-0.4, -0.2) is 24.5 Å². The fourth-order valence-electron chi connectivity index (χ4n) is 2.32. The molecule has 0 amide bonds. The molecule has 0 fully saturated rings. The zero-order valence-electron chi connectivity index (χ0n) is 10.7. The van der Waals surface area contributed by atoms with Crippen molar-refractivity contribution >= 4 is 0 Å². The lowest BCUT2D eigenvalue weighted by molar-refractivity contribution is 0.223. The summed E-state index contributed by atoms with van der Waals surface area (Å²) in [6.07, 6.45) is 1.08. The maximum Gasteiger partial charge on any atom is 0.0472 e. The highest BCUT2D eigenvalue weighted by atomic mass is 15.2. The van der Waals surface area contributed by atoms with E-state index in [-0.39, 0.29) is 0 Å². The van der Waals surface area contributed by atoms with Gasteiger partial charge in [0.1, 0.15) is 0 Å². The Balaban J connectivity index is 3.02. The SMILES string of the molecule is CCc1ccccc1C(CN)N(CC)CC. The van der Waals surface area contributed by atoms with E-state index < -0.39 is 0 Å². The minimum atomic E-state index is 0.367. The van der Waals surface area contributed by atoms with Crippen LogP contribution >= 0.6 is 0 Å². The van der Waals surface area contributed by atoms with Crippen LogP contribution in [-0.2, 0) is 6.42 Å². The van der Waals surface area contributed by atoms with Gasteiger partial charge in [0.2, 0.25) is 0 Å². The second kappa shape index (κ2) is 6.66. The highest BCUT2D eigenvalue weighted by Gasteiger charge is 2.17. The van der Waals surface area contributed by atoms with E-state index in [2.05, 4.69) is 49.9 Å². The van der Waals surface area contributed by atoms with E-state index in [1.165, 1.54) is 11.1 Å². The maximum absolute atomic E-state index is 5.94. The van der Waals surface area contributed by atoms with Crippen LogP contribution in [0.25, 0.3) is 0 Å². The second-order valence-electron chi connectivity index (χ2n) is 4.03. The minimum absolute atomic E-state index is 0.367. The summed E-state index contributed by atoms with van der Waals surface area (Å²) in [7, 11) is 0. The van der Waals surface area contributed by atoms with Crippen molar-refractivity contribution in [2.45, 2.75) is 33.2 Å². The fourth-order valence-corrected chi connectivity index (χ4v) is 2.32. The van der Waals surface area contributed by atoms with Gasteiger partial charge in [-0.3, -0.25) is 4.90 Å². The molecule has 1 aromatic carbocycles. The lowest BCUT2D eigenvalue weighted by Gasteiger charge is -2.30. The van der Waals surface area contributed by atoms with Crippen molar-refractivity contribution in [2.75, 3.05) is 19.6 Å². The van der Waals surface area contributed by atoms with E-state index in [0.717, 1.165) is 19.5 Å². The van der Waals surface area contributed by atoms with Crippen LogP contribution < -0.4 is 5.73 Å². The molecular weight excluding hydrogens is 196 g/mol. The molecule has 90 valence electrons. The van der Waals surface area contributed by atoms with Crippen LogP contribution in [0, 0.1) is 0 Å². The summed E-state index contributed by atoms with van der Waals surface area (Å²) in [5.74, 6) is 0. The van der Waals surface area contributed by atoms with Crippen molar-refractivity contribution in [3.05, 3.63) is 35.4 Å². The Morgan fingerprint density at radius 3 is 2.25 bits per heavy atom. The van der Waals surface area contributed by atoms with E-state index in [0.29, 0.717) is 12.6 Å². The van der Waals surface area contributed by atoms with Gasteiger partial charge >= 0.3 is 0 Å². The molecule has 2 N–H and O–H groups in total. The number of hydrogen-bond donors (Lipinski definition) is 1. The Hall–Kier alpha value is -0.860. The smallest absolute Gasteiger partial charge is 0.0472 e. The standard InChI is InChI=1S/C14H24N2/c1-4-12-9-7-8-10-13(12)14(11-15)16(5-2)6-3/h7-10,14H,4-6,11,15H2,1-3H3.